The van der Waals surface area contributed by atoms with E-state index < -0.39 is 0 Å². The zero-order valence-corrected chi connectivity index (χ0v) is 9.60. The van der Waals surface area contributed by atoms with Crippen LogP contribution >= 0.6 is 11.7 Å². The molecule has 3 rings (SSSR count). The van der Waals surface area contributed by atoms with Crippen LogP contribution in [0.2, 0.25) is 0 Å². The molecule has 1 fully saturated rings. The quantitative estimate of drug-likeness (QED) is 0.882. The standard InChI is InChI=1S/C12H13N3S/c13-12(11-7-14-16-15-11)10-6-9(10)8-4-2-1-3-5-8/h1-5,7,9-10,12H,6,13H2. The Morgan fingerprint density at radius 2 is 2.12 bits per heavy atom. The number of nitrogens with zero attached hydrogens (tertiary/aromatic N) is 2. The van der Waals surface area contributed by atoms with Gasteiger partial charge in [-0.2, -0.15) is 8.75 Å². The summed E-state index contributed by atoms with van der Waals surface area (Å²) in [5.41, 5.74) is 8.51. The van der Waals surface area contributed by atoms with Gasteiger partial charge in [0.2, 0.25) is 0 Å². The fourth-order valence-electron chi connectivity index (χ4n) is 2.23. The third-order valence-electron chi connectivity index (χ3n) is 3.25. The summed E-state index contributed by atoms with van der Waals surface area (Å²) >= 11 is 1.23. The Hall–Kier alpha value is -1.26. The molecule has 3 nitrogen and oxygen atoms in total. The number of nitrogens with two attached hydrogens (primary N) is 1. The zero-order valence-electron chi connectivity index (χ0n) is 8.78. The molecule has 2 N–H and O–H groups in total. The Morgan fingerprint density at radius 3 is 2.81 bits per heavy atom. The van der Waals surface area contributed by atoms with E-state index in [9.17, 15) is 0 Å². The van der Waals surface area contributed by atoms with E-state index in [1.54, 1.807) is 6.20 Å². The topological polar surface area (TPSA) is 51.8 Å². The van der Waals surface area contributed by atoms with Gasteiger partial charge in [-0.25, -0.2) is 0 Å². The Bertz CT molecular complexity index is 454. The minimum Gasteiger partial charge on any atom is -0.322 e. The molecule has 0 bridgehead atoms. The van der Waals surface area contributed by atoms with Crippen LogP contribution in [0, 0.1) is 5.92 Å². The Labute approximate surface area is 98.6 Å². The van der Waals surface area contributed by atoms with Crippen molar-refractivity contribution in [1.82, 2.24) is 8.75 Å². The highest BCUT2D eigenvalue weighted by Gasteiger charge is 2.43. The molecule has 0 spiro atoms. The van der Waals surface area contributed by atoms with Gasteiger partial charge in [0.25, 0.3) is 0 Å². The maximum absolute atomic E-state index is 6.18. The first-order valence-corrected chi connectivity index (χ1v) is 6.17. The maximum atomic E-state index is 6.18. The Balaban J connectivity index is 1.73. The van der Waals surface area contributed by atoms with E-state index in [1.165, 1.54) is 23.7 Å². The number of rotatable bonds is 3. The van der Waals surface area contributed by atoms with Gasteiger partial charge in [-0.1, -0.05) is 30.3 Å². The van der Waals surface area contributed by atoms with Crippen LogP contribution in [-0.2, 0) is 0 Å². The van der Waals surface area contributed by atoms with Crippen LogP contribution in [0.15, 0.2) is 36.5 Å². The molecule has 1 aliphatic carbocycles. The monoisotopic (exact) mass is 231 g/mol. The zero-order chi connectivity index (χ0) is 11.0. The molecule has 0 saturated heterocycles. The van der Waals surface area contributed by atoms with Gasteiger partial charge in [0, 0.05) is 0 Å². The molecule has 16 heavy (non-hydrogen) atoms. The summed E-state index contributed by atoms with van der Waals surface area (Å²) < 4.78 is 8.21. The van der Waals surface area contributed by atoms with Crippen LogP contribution < -0.4 is 5.73 Å². The second-order valence-corrected chi connectivity index (χ2v) is 4.83. The summed E-state index contributed by atoms with van der Waals surface area (Å²) in [5, 5.41) is 0. The number of benzene rings is 1. The second kappa shape index (κ2) is 3.96. The first kappa shape index (κ1) is 9.93. The smallest absolute Gasteiger partial charge is 0.0913 e. The van der Waals surface area contributed by atoms with Crippen molar-refractivity contribution >= 4 is 11.7 Å². The van der Waals surface area contributed by atoms with Crippen molar-refractivity contribution in [1.29, 1.82) is 0 Å². The molecule has 1 saturated carbocycles. The molecule has 0 amide bonds. The van der Waals surface area contributed by atoms with Gasteiger partial charge in [0.15, 0.2) is 0 Å². The highest BCUT2D eigenvalue weighted by molar-refractivity contribution is 6.99. The highest BCUT2D eigenvalue weighted by Crippen LogP contribution is 2.52. The van der Waals surface area contributed by atoms with Crippen molar-refractivity contribution in [3.8, 4) is 0 Å². The molecule has 3 unspecified atom stereocenters. The molecular weight excluding hydrogens is 218 g/mol. The van der Waals surface area contributed by atoms with Crippen molar-refractivity contribution in [3.05, 3.63) is 47.8 Å². The third-order valence-corrected chi connectivity index (χ3v) is 3.74. The molecule has 3 atom stereocenters. The summed E-state index contributed by atoms with van der Waals surface area (Å²) in [5.74, 6) is 1.14. The van der Waals surface area contributed by atoms with Crippen LogP contribution in [0.25, 0.3) is 0 Å². The van der Waals surface area contributed by atoms with Gasteiger partial charge in [0.1, 0.15) is 0 Å². The lowest BCUT2D eigenvalue weighted by molar-refractivity contribution is 0.603. The minimum absolute atomic E-state index is 0.0453. The average Bonchev–Trinajstić information content (AvgIpc) is 2.95. The van der Waals surface area contributed by atoms with E-state index in [0.29, 0.717) is 11.8 Å². The summed E-state index contributed by atoms with van der Waals surface area (Å²) in [7, 11) is 0. The molecule has 1 aliphatic rings. The first-order chi connectivity index (χ1) is 7.86. The molecule has 4 heteroatoms. The predicted molar refractivity (Wildman–Crippen MR) is 64.1 cm³/mol. The fraction of sp³-hybridized carbons (Fsp3) is 0.333. The normalized spacial score (nSPS) is 25.3. The molecule has 1 heterocycles. The van der Waals surface area contributed by atoms with Crippen molar-refractivity contribution < 1.29 is 0 Å². The summed E-state index contributed by atoms with van der Waals surface area (Å²) in [4.78, 5) is 0. The van der Waals surface area contributed by atoms with Gasteiger partial charge in [0.05, 0.1) is 29.7 Å². The Morgan fingerprint density at radius 1 is 1.31 bits per heavy atom. The molecule has 0 radical (unpaired) electrons. The van der Waals surface area contributed by atoms with E-state index in [1.807, 2.05) is 6.07 Å². The predicted octanol–water partition coefficient (Wildman–Crippen LogP) is 2.34. The van der Waals surface area contributed by atoms with Gasteiger partial charge in [-0.15, -0.1) is 0 Å². The van der Waals surface area contributed by atoms with Crippen LogP contribution in [0.1, 0.15) is 29.6 Å². The van der Waals surface area contributed by atoms with Gasteiger partial charge in [-0.05, 0) is 23.8 Å². The molecule has 2 aromatic rings. The lowest BCUT2D eigenvalue weighted by Gasteiger charge is -2.07. The number of hydrogen-bond donors (Lipinski definition) is 1. The second-order valence-electron chi connectivity index (χ2n) is 4.27. The van der Waals surface area contributed by atoms with Crippen molar-refractivity contribution in [3.63, 3.8) is 0 Å². The fourth-order valence-corrected chi connectivity index (χ4v) is 2.70. The van der Waals surface area contributed by atoms with Gasteiger partial charge >= 0.3 is 0 Å². The van der Waals surface area contributed by atoms with E-state index >= 15 is 0 Å². The van der Waals surface area contributed by atoms with E-state index in [-0.39, 0.29) is 6.04 Å². The van der Waals surface area contributed by atoms with Crippen LogP contribution in [0.5, 0.6) is 0 Å². The van der Waals surface area contributed by atoms with Crippen LogP contribution in [-0.4, -0.2) is 8.75 Å². The lowest BCUT2D eigenvalue weighted by atomic mass is 10.0. The SMILES string of the molecule is NC(c1cnsn1)C1CC1c1ccccc1. The van der Waals surface area contributed by atoms with Crippen LogP contribution in [0.4, 0.5) is 0 Å². The Kier molecular flexibility index (Phi) is 2.46. The van der Waals surface area contributed by atoms with E-state index in [4.69, 9.17) is 5.73 Å². The number of aromatic nitrogens is 2. The van der Waals surface area contributed by atoms with Crippen molar-refractivity contribution in [2.75, 3.05) is 0 Å². The molecule has 82 valence electrons. The van der Waals surface area contributed by atoms with Gasteiger partial charge < -0.3 is 5.73 Å². The maximum Gasteiger partial charge on any atom is 0.0913 e. The largest absolute Gasteiger partial charge is 0.322 e. The number of hydrogen-bond acceptors (Lipinski definition) is 4. The van der Waals surface area contributed by atoms with Crippen molar-refractivity contribution in [2.24, 2.45) is 11.7 Å². The first-order valence-electron chi connectivity index (χ1n) is 5.44. The molecule has 1 aromatic heterocycles. The van der Waals surface area contributed by atoms with Gasteiger partial charge in [-0.3, -0.25) is 0 Å². The molecular formula is C12H13N3S. The lowest BCUT2D eigenvalue weighted by Crippen LogP contribution is -2.13. The highest BCUT2D eigenvalue weighted by atomic mass is 32.1. The van der Waals surface area contributed by atoms with E-state index in [0.717, 1.165) is 5.69 Å². The summed E-state index contributed by atoms with van der Waals surface area (Å²) in [6.45, 7) is 0. The minimum atomic E-state index is 0.0453. The van der Waals surface area contributed by atoms with Crippen molar-refractivity contribution in [2.45, 2.75) is 18.4 Å². The molecule has 0 aliphatic heterocycles. The van der Waals surface area contributed by atoms with Crippen LogP contribution in [0.3, 0.4) is 0 Å². The summed E-state index contributed by atoms with van der Waals surface area (Å²) in [6.07, 6.45) is 2.96. The average molecular weight is 231 g/mol. The third kappa shape index (κ3) is 1.74. The molecule has 1 aromatic carbocycles. The van der Waals surface area contributed by atoms with E-state index in [2.05, 4.69) is 33.0 Å². The summed E-state index contributed by atoms with van der Waals surface area (Å²) in [6, 6.07) is 10.6.